The first-order valence-corrected chi connectivity index (χ1v) is 5.42. The van der Waals surface area contributed by atoms with Crippen LogP contribution in [0.25, 0.3) is 0 Å². The van der Waals surface area contributed by atoms with E-state index in [1.54, 1.807) is 30.5 Å². The van der Waals surface area contributed by atoms with Gasteiger partial charge in [0, 0.05) is 18.1 Å². The van der Waals surface area contributed by atoms with E-state index < -0.39 is 0 Å². The molecule has 2 N–H and O–H groups in total. The van der Waals surface area contributed by atoms with Gasteiger partial charge >= 0.3 is 0 Å². The molecule has 2 heterocycles. The zero-order chi connectivity index (χ0) is 10.5. The zero-order valence-corrected chi connectivity index (χ0v) is 8.81. The molecule has 2 rings (SSSR count). The van der Waals surface area contributed by atoms with E-state index in [0.717, 1.165) is 16.3 Å². The summed E-state index contributed by atoms with van der Waals surface area (Å²) in [5, 5.41) is 0.959. The average molecular weight is 218 g/mol. The minimum Gasteiger partial charge on any atom is -0.384 e. The minimum atomic E-state index is 0.552. The molecule has 5 heteroatoms. The molecular weight excluding hydrogens is 208 g/mol. The second-order valence-electron chi connectivity index (χ2n) is 2.93. The van der Waals surface area contributed by atoms with Gasteiger partial charge < -0.3 is 5.73 Å². The number of pyridine rings is 1. The molecule has 0 fully saturated rings. The van der Waals surface area contributed by atoms with Crippen LogP contribution in [0.15, 0.2) is 41.9 Å². The van der Waals surface area contributed by atoms with E-state index in [9.17, 15) is 0 Å². The van der Waals surface area contributed by atoms with Crippen molar-refractivity contribution in [3.05, 3.63) is 42.5 Å². The quantitative estimate of drug-likeness (QED) is 0.628. The van der Waals surface area contributed by atoms with Crippen LogP contribution in [-0.4, -0.2) is 15.0 Å². The molecule has 0 radical (unpaired) electrons. The number of hydrogen-bond acceptors (Lipinski definition) is 5. The van der Waals surface area contributed by atoms with Crippen molar-refractivity contribution in [1.29, 1.82) is 0 Å². The number of hydrogen-bond donors (Lipinski definition) is 1. The van der Waals surface area contributed by atoms with Gasteiger partial charge in [-0.05, 0) is 23.8 Å². The molecule has 2 aromatic rings. The van der Waals surface area contributed by atoms with Crippen LogP contribution in [-0.2, 0) is 5.75 Å². The van der Waals surface area contributed by atoms with Gasteiger partial charge in [-0.2, -0.15) is 0 Å². The van der Waals surface area contributed by atoms with Crippen molar-refractivity contribution in [3.63, 3.8) is 0 Å². The first-order valence-electron chi connectivity index (χ1n) is 4.44. The van der Waals surface area contributed by atoms with Crippen LogP contribution >= 0.6 is 11.8 Å². The molecule has 0 atom stereocenters. The number of nitrogens with two attached hydrogens (primary N) is 1. The Labute approximate surface area is 92.0 Å². The molecule has 0 aromatic carbocycles. The van der Waals surface area contributed by atoms with Gasteiger partial charge in [0.1, 0.15) is 12.1 Å². The Bertz CT molecular complexity index is 432. The molecule has 0 unspecified atom stereocenters. The summed E-state index contributed by atoms with van der Waals surface area (Å²) in [6.45, 7) is 0. The van der Waals surface area contributed by atoms with Crippen LogP contribution in [0.4, 0.5) is 5.82 Å². The molecule has 0 aliphatic rings. The summed E-state index contributed by atoms with van der Waals surface area (Å²) in [5.41, 5.74) is 6.73. The number of aromatic nitrogens is 3. The molecule has 2 aromatic heterocycles. The van der Waals surface area contributed by atoms with Crippen molar-refractivity contribution in [2.45, 2.75) is 10.8 Å². The Morgan fingerprint density at radius 2 is 2.13 bits per heavy atom. The molecule has 76 valence electrons. The molecular formula is C10H10N4S. The van der Waals surface area contributed by atoms with E-state index in [2.05, 4.69) is 15.0 Å². The summed E-state index contributed by atoms with van der Waals surface area (Å²) in [7, 11) is 0. The topological polar surface area (TPSA) is 64.7 Å². The zero-order valence-electron chi connectivity index (χ0n) is 8.00. The highest BCUT2D eigenvalue weighted by Gasteiger charge is 1.97. The van der Waals surface area contributed by atoms with E-state index in [0.29, 0.717) is 5.82 Å². The SMILES string of the molecule is Nc1cc(CSc2ccncn2)ccn1. The predicted molar refractivity (Wildman–Crippen MR) is 60.2 cm³/mol. The standard InChI is InChI=1S/C10H10N4S/c11-9-5-8(1-4-13-9)6-15-10-2-3-12-7-14-10/h1-5,7H,6H2,(H2,11,13). The Hall–Kier alpha value is -1.62. The lowest BCUT2D eigenvalue weighted by atomic mass is 10.3. The van der Waals surface area contributed by atoms with Crippen molar-refractivity contribution in [3.8, 4) is 0 Å². The molecule has 0 aliphatic heterocycles. The Morgan fingerprint density at radius 1 is 1.20 bits per heavy atom. The summed E-state index contributed by atoms with van der Waals surface area (Å²) in [4.78, 5) is 11.9. The fourth-order valence-corrected chi connectivity index (χ4v) is 1.88. The highest BCUT2D eigenvalue weighted by molar-refractivity contribution is 7.98. The van der Waals surface area contributed by atoms with Gasteiger partial charge in [-0.1, -0.05) is 0 Å². The lowest BCUT2D eigenvalue weighted by Crippen LogP contribution is -1.91. The van der Waals surface area contributed by atoms with Crippen LogP contribution < -0.4 is 5.73 Å². The summed E-state index contributed by atoms with van der Waals surface area (Å²) in [5.74, 6) is 1.39. The molecule has 0 spiro atoms. The van der Waals surface area contributed by atoms with Gasteiger partial charge in [-0.25, -0.2) is 15.0 Å². The monoisotopic (exact) mass is 218 g/mol. The maximum absolute atomic E-state index is 5.58. The average Bonchev–Trinajstić information content (AvgIpc) is 2.28. The lowest BCUT2D eigenvalue weighted by Gasteiger charge is -2.01. The Morgan fingerprint density at radius 3 is 2.87 bits per heavy atom. The Balaban J connectivity index is 1.99. The third-order valence-electron chi connectivity index (χ3n) is 1.79. The summed E-state index contributed by atoms with van der Waals surface area (Å²) < 4.78 is 0. The number of nitrogens with zero attached hydrogens (tertiary/aromatic N) is 3. The van der Waals surface area contributed by atoms with Crippen molar-refractivity contribution in [1.82, 2.24) is 15.0 Å². The first kappa shape index (κ1) is 9.92. The largest absolute Gasteiger partial charge is 0.384 e. The van der Waals surface area contributed by atoms with Crippen LogP contribution in [0.1, 0.15) is 5.56 Å². The van der Waals surface area contributed by atoms with Crippen LogP contribution in [0.5, 0.6) is 0 Å². The molecule has 15 heavy (non-hydrogen) atoms. The number of anilines is 1. The van der Waals surface area contributed by atoms with Gasteiger partial charge in [0.2, 0.25) is 0 Å². The van der Waals surface area contributed by atoms with E-state index in [1.165, 1.54) is 0 Å². The van der Waals surface area contributed by atoms with Gasteiger partial charge in [-0.15, -0.1) is 11.8 Å². The van der Waals surface area contributed by atoms with E-state index in [-0.39, 0.29) is 0 Å². The van der Waals surface area contributed by atoms with Crippen molar-refractivity contribution < 1.29 is 0 Å². The van der Waals surface area contributed by atoms with Gasteiger partial charge in [0.15, 0.2) is 0 Å². The number of nitrogen functional groups attached to an aromatic ring is 1. The second-order valence-corrected chi connectivity index (χ2v) is 3.92. The minimum absolute atomic E-state index is 0.552. The van der Waals surface area contributed by atoms with Gasteiger partial charge in [-0.3, -0.25) is 0 Å². The molecule has 0 bridgehead atoms. The van der Waals surface area contributed by atoms with Crippen LogP contribution in [0, 0.1) is 0 Å². The second kappa shape index (κ2) is 4.75. The summed E-state index contributed by atoms with van der Waals surface area (Å²) in [6.07, 6.45) is 4.99. The summed E-state index contributed by atoms with van der Waals surface area (Å²) >= 11 is 1.65. The third kappa shape index (κ3) is 2.92. The van der Waals surface area contributed by atoms with E-state index in [1.807, 2.05) is 18.2 Å². The predicted octanol–water partition coefficient (Wildman–Crippen LogP) is 1.75. The number of rotatable bonds is 3. The van der Waals surface area contributed by atoms with Crippen molar-refractivity contribution in [2.24, 2.45) is 0 Å². The van der Waals surface area contributed by atoms with Gasteiger partial charge in [0.05, 0.1) is 5.03 Å². The summed E-state index contributed by atoms with van der Waals surface area (Å²) in [6, 6.07) is 5.70. The smallest absolute Gasteiger partial charge is 0.123 e. The maximum atomic E-state index is 5.58. The fourth-order valence-electron chi connectivity index (χ4n) is 1.11. The van der Waals surface area contributed by atoms with E-state index >= 15 is 0 Å². The molecule has 0 saturated heterocycles. The molecule has 0 saturated carbocycles. The third-order valence-corrected chi connectivity index (χ3v) is 2.80. The lowest BCUT2D eigenvalue weighted by molar-refractivity contribution is 1.05. The van der Waals surface area contributed by atoms with Gasteiger partial charge in [0.25, 0.3) is 0 Å². The highest BCUT2D eigenvalue weighted by Crippen LogP contribution is 2.19. The van der Waals surface area contributed by atoms with E-state index in [4.69, 9.17) is 5.73 Å². The number of thioether (sulfide) groups is 1. The Kier molecular flexibility index (Phi) is 3.14. The molecule has 0 aliphatic carbocycles. The molecule has 0 amide bonds. The first-order chi connectivity index (χ1) is 7.34. The molecule has 4 nitrogen and oxygen atoms in total. The van der Waals surface area contributed by atoms with Crippen LogP contribution in [0.2, 0.25) is 0 Å². The van der Waals surface area contributed by atoms with Crippen molar-refractivity contribution in [2.75, 3.05) is 5.73 Å². The van der Waals surface area contributed by atoms with Crippen LogP contribution in [0.3, 0.4) is 0 Å². The fraction of sp³-hybridized carbons (Fsp3) is 0.100. The highest BCUT2D eigenvalue weighted by atomic mass is 32.2. The van der Waals surface area contributed by atoms with Crippen molar-refractivity contribution >= 4 is 17.6 Å². The normalized spacial score (nSPS) is 10.1. The maximum Gasteiger partial charge on any atom is 0.123 e.